The van der Waals surface area contributed by atoms with Gasteiger partial charge in [-0.3, -0.25) is 4.79 Å². The number of nitrogens with zero attached hydrogens (tertiary/aromatic N) is 1. The lowest BCUT2D eigenvalue weighted by Gasteiger charge is -2.34. The van der Waals surface area contributed by atoms with Crippen LogP contribution in [0.5, 0.6) is 0 Å². The minimum atomic E-state index is 0.331. The summed E-state index contributed by atoms with van der Waals surface area (Å²) >= 11 is 0. The van der Waals surface area contributed by atoms with Gasteiger partial charge >= 0.3 is 0 Å². The van der Waals surface area contributed by atoms with E-state index in [2.05, 4.69) is 34.5 Å². The fraction of sp³-hybridized carbons (Fsp3) is 0.562. The van der Waals surface area contributed by atoms with E-state index in [-0.39, 0.29) is 0 Å². The van der Waals surface area contributed by atoms with Crippen molar-refractivity contribution < 1.29 is 4.79 Å². The van der Waals surface area contributed by atoms with Crippen molar-refractivity contribution in [3.8, 4) is 0 Å². The molecule has 2 rings (SSSR count). The highest BCUT2D eigenvalue weighted by atomic mass is 16.2. The lowest BCUT2D eigenvalue weighted by molar-refractivity contribution is -0.135. The number of rotatable bonds is 6. The summed E-state index contributed by atoms with van der Waals surface area (Å²) in [6, 6.07) is 10.9. The number of aryl methyl sites for hydroxylation is 1. The molecule has 1 aromatic rings. The van der Waals surface area contributed by atoms with Crippen molar-refractivity contribution in [1.82, 2.24) is 10.2 Å². The molecule has 1 aromatic carbocycles. The van der Waals surface area contributed by atoms with Crippen LogP contribution in [0.15, 0.2) is 30.3 Å². The summed E-state index contributed by atoms with van der Waals surface area (Å²) in [6.45, 7) is 1.82. The van der Waals surface area contributed by atoms with Crippen molar-refractivity contribution in [2.45, 2.75) is 38.1 Å². The quantitative estimate of drug-likeness (QED) is 0.850. The summed E-state index contributed by atoms with van der Waals surface area (Å²) in [5.41, 5.74) is 1.35. The highest BCUT2D eigenvalue weighted by Crippen LogP contribution is 2.17. The van der Waals surface area contributed by atoms with Crippen LogP contribution in [0.1, 0.15) is 31.2 Å². The summed E-state index contributed by atoms with van der Waals surface area (Å²) in [7, 11) is 1.96. The SMILES string of the molecule is CNCC(CCc1ccccc1)N1CCCCC1=O. The van der Waals surface area contributed by atoms with E-state index in [4.69, 9.17) is 0 Å². The van der Waals surface area contributed by atoms with Crippen LogP contribution in [0.25, 0.3) is 0 Å². The minimum Gasteiger partial charge on any atom is -0.338 e. The van der Waals surface area contributed by atoms with E-state index in [0.717, 1.165) is 45.2 Å². The molecule has 0 aliphatic carbocycles. The van der Waals surface area contributed by atoms with Gasteiger partial charge < -0.3 is 10.2 Å². The normalized spacial score (nSPS) is 17.5. The number of benzene rings is 1. The zero-order chi connectivity index (χ0) is 13.5. The molecule has 1 unspecified atom stereocenters. The highest BCUT2D eigenvalue weighted by Gasteiger charge is 2.25. The maximum Gasteiger partial charge on any atom is 0.222 e. The standard InChI is InChI=1S/C16H24N2O/c1-17-13-15(18-12-6-5-9-16(18)19)11-10-14-7-3-2-4-8-14/h2-4,7-8,15,17H,5-6,9-13H2,1H3. The molecular formula is C16H24N2O. The molecule has 3 nitrogen and oxygen atoms in total. The molecule has 0 saturated carbocycles. The predicted octanol–water partition coefficient (Wildman–Crippen LogP) is 2.22. The lowest BCUT2D eigenvalue weighted by Crippen LogP contribution is -2.47. The smallest absolute Gasteiger partial charge is 0.222 e. The topological polar surface area (TPSA) is 32.3 Å². The molecule has 19 heavy (non-hydrogen) atoms. The Bertz CT molecular complexity index is 391. The number of likely N-dealkylation sites (N-methyl/N-ethyl adjacent to an activating group) is 1. The van der Waals surface area contributed by atoms with E-state index < -0.39 is 0 Å². The summed E-state index contributed by atoms with van der Waals surface area (Å²) < 4.78 is 0. The molecule has 1 heterocycles. The molecule has 104 valence electrons. The van der Waals surface area contributed by atoms with Gasteiger partial charge in [0.05, 0.1) is 0 Å². The van der Waals surface area contributed by atoms with Crippen LogP contribution in [0.3, 0.4) is 0 Å². The van der Waals surface area contributed by atoms with Gasteiger partial charge in [0.1, 0.15) is 0 Å². The third-order valence-corrected chi connectivity index (χ3v) is 3.85. The van der Waals surface area contributed by atoms with Gasteiger partial charge in [0.25, 0.3) is 0 Å². The largest absolute Gasteiger partial charge is 0.338 e. The summed E-state index contributed by atoms with van der Waals surface area (Å²) in [5.74, 6) is 0.333. The van der Waals surface area contributed by atoms with Crippen molar-refractivity contribution in [2.24, 2.45) is 0 Å². The zero-order valence-electron chi connectivity index (χ0n) is 11.8. The molecule has 1 fully saturated rings. The van der Waals surface area contributed by atoms with Gasteiger partial charge in [0.2, 0.25) is 5.91 Å². The van der Waals surface area contributed by atoms with Crippen LogP contribution in [0, 0.1) is 0 Å². The van der Waals surface area contributed by atoms with E-state index in [1.807, 2.05) is 13.1 Å². The first-order valence-electron chi connectivity index (χ1n) is 7.29. The van der Waals surface area contributed by atoms with Crippen LogP contribution in [-0.2, 0) is 11.2 Å². The Morgan fingerprint density at radius 2 is 2.05 bits per heavy atom. The number of likely N-dealkylation sites (tertiary alicyclic amines) is 1. The second-order valence-corrected chi connectivity index (χ2v) is 5.28. The number of hydrogen-bond donors (Lipinski definition) is 1. The summed E-state index contributed by atoms with van der Waals surface area (Å²) in [5, 5.41) is 3.23. The number of nitrogens with one attached hydrogen (secondary N) is 1. The molecule has 1 amide bonds. The van der Waals surface area contributed by atoms with Crippen molar-refractivity contribution in [3.05, 3.63) is 35.9 Å². The Morgan fingerprint density at radius 3 is 2.74 bits per heavy atom. The summed E-state index contributed by atoms with van der Waals surface area (Å²) in [6.07, 6.45) is 5.01. The second kappa shape index (κ2) is 7.29. The van der Waals surface area contributed by atoms with Crippen molar-refractivity contribution in [3.63, 3.8) is 0 Å². The first-order chi connectivity index (χ1) is 9.31. The van der Waals surface area contributed by atoms with Crippen molar-refractivity contribution in [1.29, 1.82) is 0 Å². The number of carbonyl (C=O) groups excluding carboxylic acids is 1. The monoisotopic (exact) mass is 260 g/mol. The van der Waals surface area contributed by atoms with Gasteiger partial charge in [0, 0.05) is 25.6 Å². The maximum atomic E-state index is 12.0. The van der Waals surface area contributed by atoms with E-state index >= 15 is 0 Å². The average molecular weight is 260 g/mol. The lowest BCUT2D eigenvalue weighted by atomic mass is 10.0. The Kier molecular flexibility index (Phi) is 5.40. The third kappa shape index (κ3) is 4.06. The number of hydrogen-bond acceptors (Lipinski definition) is 2. The fourth-order valence-corrected chi connectivity index (χ4v) is 2.79. The van der Waals surface area contributed by atoms with Crippen LogP contribution in [0.4, 0.5) is 0 Å². The number of amides is 1. The number of piperidine rings is 1. The van der Waals surface area contributed by atoms with Crippen LogP contribution >= 0.6 is 0 Å². The third-order valence-electron chi connectivity index (χ3n) is 3.85. The molecule has 0 aromatic heterocycles. The average Bonchev–Trinajstić information content (AvgIpc) is 2.45. The van der Waals surface area contributed by atoms with Crippen LogP contribution in [0.2, 0.25) is 0 Å². The molecule has 1 saturated heterocycles. The first kappa shape index (κ1) is 14.1. The molecule has 1 atom stereocenters. The van der Waals surface area contributed by atoms with Gasteiger partial charge in [-0.1, -0.05) is 30.3 Å². The fourth-order valence-electron chi connectivity index (χ4n) is 2.79. The van der Waals surface area contributed by atoms with Crippen molar-refractivity contribution >= 4 is 5.91 Å². The van der Waals surface area contributed by atoms with Crippen molar-refractivity contribution in [2.75, 3.05) is 20.1 Å². The van der Waals surface area contributed by atoms with Gasteiger partial charge in [-0.15, -0.1) is 0 Å². The summed E-state index contributed by atoms with van der Waals surface area (Å²) in [4.78, 5) is 14.1. The van der Waals surface area contributed by atoms with Gasteiger partial charge in [-0.25, -0.2) is 0 Å². The molecule has 1 N–H and O–H groups in total. The molecule has 0 radical (unpaired) electrons. The van der Waals surface area contributed by atoms with Crippen LogP contribution < -0.4 is 5.32 Å². The molecule has 0 spiro atoms. The van der Waals surface area contributed by atoms with Crippen LogP contribution in [-0.4, -0.2) is 37.0 Å². The predicted molar refractivity (Wildman–Crippen MR) is 78.0 cm³/mol. The Hall–Kier alpha value is -1.35. The minimum absolute atomic E-state index is 0.331. The Morgan fingerprint density at radius 1 is 1.26 bits per heavy atom. The molecule has 1 aliphatic heterocycles. The van der Waals surface area contributed by atoms with E-state index in [1.165, 1.54) is 5.56 Å². The van der Waals surface area contributed by atoms with E-state index in [9.17, 15) is 4.79 Å². The first-order valence-corrected chi connectivity index (χ1v) is 7.29. The van der Waals surface area contributed by atoms with Gasteiger partial charge in [0.15, 0.2) is 0 Å². The van der Waals surface area contributed by atoms with E-state index in [0.29, 0.717) is 11.9 Å². The second-order valence-electron chi connectivity index (χ2n) is 5.28. The number of carbonyl (C=O) groups is 1. The zero-order valence-corrected chi connectivity index (χ0v) is 11.8. The highest BCUT2D eigenvalue weighted by molar-refractivity contribution is 5.77. The van der Waals surface area contributed by atoms with Gasteiger partial charge in [-0.05, 0) is 38.3 Å². The molecular weight excluding hydrogens is 236 g/mol. The van der Waals surface area contributed by atoms with Gasteiger partial charge in [-0.2, -0.15) is 0 Å². The molecule has 0 bridgehead atoms. The Labute approximate surface area is 116 Å². The molecule has 3 heteroatoms. The molecule has 1 aliphatic rings. The Balaban J connectivity index is 1.93. The van der Waals surface area contributed by atoms with E-state index in [1.54, 1.807) is 0 Å². The maximum absolute atomic E-state index is 12.0.